The summed E-state index contributed by atoms with van der Waals surface area (Å²) < 4.78 is 0. The number of aliphatic hydroxyl groups excluding tert-OH is 2. The van der Waals surface area contributed by atoms with Crippen LogP contribution in [-0.2, 0) is 4.79 Å². The lowest BCUT2D eigenvalue weighted by Crippen LogP contribution is -2.24. The van der Waals surface area contributed by atoms with Gasteiger partial charge in [-0.15, -0.1) is 0 Å². The molecule has 19 heavy (non-hydrogen) atoms. The number of aliphatic hydroxyl groups is 2. The molecule has 0 saturated carbocycles. The van der Waals surface area contributed by atoms with Crippen LogP contribution in [0.2, 0.25) is 5.15 Å². The topological polar surface area (TPSA) is 108 Å². The number of carboxylic acid groups (broad SMARTS) is 1. The van der Waals surface area contributed by atoms with E-state index in [0.717, 1.165) is 11.8 Å². The average molecular weight is 306 g/mol. The quantitative estimate of drug-likeness (QED) is 0.699. The lowest BCUT2D eigenvalue weighted by atomic mass is 10.0. The smallest absolute Gasteiger partial charge is 0.354 e. The van der Waals surface area contributed by atoms with Crippen LogP contribution in [0, 0.1) is 0 Å². The SMILES string of the molecule is CC(=O)SCC(O)C(O)c1ccc(Cl)nc1C(=O)O. The van der Waals surface area contributed by atoms with Crippen LogP contribution in [0.3, 0.4) is 0 Å². The second-order valence-corrected chi connectivity index (χ2v) is 5.28. The molecule has 0 radical (unpaired) electrons. The number of nitrogens with zero attached hydrogens (tertiary/aromatic N) is 1. The van der Waals surface area contributed by atoms with Gasteiger partial charge in [0.05, 0.1) is 6.10 Å². The minimum atomic E-state index is -1.46. The molecule has 0 fully saturated rings. The number of thioether (sulfide) groups is 1. The largest absolute Gasteiger partial charge is 0.476 e. The van der Waals surface area contributed by atoms with Gasteiger partial charge in [-0.05, 0) is 6.07 Å². The normalized spacial score (nSPS) is 13.9. The number of rotatable bonds is 5. The van der Waals surface area contributed by atoms with Gasteiger partial charge in [0.2, 0.25) is 0 Å². The van der Waals surface area contributed by atoms with E-state index in [1.165, 1.54) is 19.1 Å². The Bertz CT molecular complexity index is 496. The van der Waals surface area contributed by atoms with Gasteiger partial charge in [-0.3, -0.25) is 4.79 Å². The highest BCUT2D eigenvalue weighted by Crippen LogP contribution is 2.24. The van der Waals surface area contributed by atoms with Crippen LogP contribution < -0.4 is 0 Å². The molecule has 1 aromatic rings. The average Bonchev–Trinajstić information content (AvgIpc) is 2.34. The summed E-state index contributed by atoms with van der Waals surface area (Å²) in [6, 6.07) is 2.60. The lowest BCUT2D eigenvalue weighted by molar-refractivity contribution is -0.109. The molecular weight excluding hydrogens is 294 g/mol. The number of carbonyl (C=O) groups is 2. The Morgan fingerprint density at radius 2 is 2.05 bits per heavy atom. The molecule has 0 aromatic carbocycles. The number of aromatic carboxylic acids is 1. The van der Waals surface area contributed by atoms with Crippen molar-refractivity contribution in [3.8, 4) is 0 Å². The van der Waals surface area contributed by atoms with Gasteiger partial charge in [-0.25, -0.2) is 9.78 Å². The summed E-state index contributed by atoms with van der Waals surface area (Å²) in [5.41, 5.74) is -0.472. The van der Waals surface area contributed by atoms with Crippen molar-refractivity contribution in [1.29, 1.82) is 0 Å². The van der Waals surface area contributed by atoms with Crippen molar-refractivity contribution < 1.29 is 24.9 Å². The van der Waals surface area contributed by atoms with Crippen molar-refractivity contribution in [2.45, 2.75) is 19.1 Å². The highest BCUT2D eigenvalue weighted by atomic mass is 35.5. The highest BCUT2D eigenvalue weighted by molar-refractivity contribution is 8.13. The minimum Gasteiger partial charge on any atom is -0.476 e. The van der Waals surface area contributed by atoms with Crippen LogP contribution >= 0.6 is 23.4 Å². The fourth-order valence-electron chi connectivity index (χ4n) is 1.36. The fourth-order valence-corrected chi connectivity index (χ4v) is 2.09. The first-order chi connectivity index (χ1) is 8.82. The summed E-state index contributed by atoms with van der Waals surface area (Å²) in [6.07, 6.45) is -2.74. The molecule has 1 aromatic heterocycles. The van der Waals surface area contributed by atoms with Crippen molar-refractivity contribution in [3.05, 3.63) is 28.5 Å². The Morgan fingerprint density at radius 1 is 1.42 bits per heavy atom. The molecular formula is C11H12ClNO5S. The zero-order valence-electron chi connectivity index (χ0n) is 9.91. The molecule has 0 aliphatic carbocycles. The van der Waals surface area contributed by atoms with Crippen molar-refractivity contribution >= 4 is 34.4 Å². The summed E-state index contributed by atoms with van der Waals surface area (Å²) in [4.78, 5) is 25.4. The molecule has 2 atom stereocenters. The highest BCUT2D eigenvalue weighted by Gasteiger charge is 2.25. The van der Waals surface area contributed by atoms with Gasteiger partial charge in [0.15, 0.2) is 10.8 Å². The van der Waals surface area contributed by atoms with E-state index in [4.69, 9.17) is 16.7 Å². The second kappa shape index (κ2) is 6.85. The Hall–Kier alpha value is -1.15. The Morgan fingerprint density at radius 3 is 2.58 bits per heavy atom. The number of aromatic nitrogens is 1. The van der Waals surface area contributed by atoms with Gasteiger partial charge >= 0.3 is 5.97 Å². The fraction of sp³-hybridized carbons (Fsp3) is 0.364. The first-order valence-corrected chi connectivity index (χ1v) is 6.58. The van der Waals surface area contributed by atoms with Crippen LogP contribution in [0.4, 0.5) is 0 Å². The van der Waals surface area contributed by atoms with E-state index in [-0.39, 0.29) is 21.6 Å². The molecule has 6 nitrogen and oxygen atoms in total. The zero-order chi connectivity index (χ0) is 14.6. The number of carbonyl (C=O) groups excluding carboxylic acids is 1. The maximum Gasteiger partial charge on any atom is 0.354 e. The second-order valence-electron chi connectivity index (χ2n) is 3.69. The van der Waals surface area contributed by atoms with Crippen LogP contribution in [-0.4, -0.2) is 43.2 Å². The molecule has 0 aliphatic heterocycles. The third kappa shape index (κ3) is 4.46. The first-order valence-electron chi connectivity index (χ1n) is 5.22. The molecule has 1 rings (SSSR count). The Labute approximate surface area is 118 Å². The van der Waals surface area contributed by atoms with Gasteiger partial charge in [0.1, 0.15) is 11.3 Å². The molecule has 1 heterocycles. The van der Waals surface area contributed by atoms with Gasteiger partial charge in [-0.1, -0.05) is 29.4 Å². The zero-order valence-corrected chi connectivity index (χ0v) is 11.5. The van der Waals surface area contributed by atoms with E-state index in [1.807, 2.05) is 0 Å². The van der Waals surface area contributed by atoms with E-state index in [1.54, 1.807) is 0 Å². The summed E-state index contributed by atoms with van der Waals surface area (Å²) in [5.74, 6) is -1.40. The maximum atomic E-state index is 11.0. The van der Waals surface area contributed by atoms with E-state index in [0.29, 0.717) is 0 Å². The van der Waals surface area contributed by atoms with Gasteiger partial charge < -0.3 is 15.3 Å². The van der Waals surface area contributed by atoms with Gasteiger partial charge in [0.25, 0.3) is 0 Å². The van der Waals surface area contributed by atoms with Gasteiger partial charge in [-0.2, -0.15) is 0 Å². The van der Waals surface area contributed by atoms with E-state index in [2.05, 4.69) is 4.98 Å². The lowest BCUT2D eigenvalue weighted by Gasteiger charge is -2.18. The molecule has 0 amide bonds. The predicted octanol–water partition coefficient (Wildman–Crippen LogP) is 1.11. The van der Waals surface area contributed by atoms with E-state index < -0.39 is 23.9 Å². The van der Waals surface area contributed by atoms with E-state index in [9.17, 15) is 19.8 Å². The summed E-state index contributed by atoms with van der Waals surface area (Å²) in [7, 11) is 0. The van der Waals surface area contributed by atoms with Crippen LogP contribution in [0.5, 0.6) is 0 Å². The summed E-state index contributed by atoms with van der Waals surface area (Å²) in [6.45, 7) is 1.33. The Balaban J connectivity index is 2.95. The number of halogens is 1. The number of hydrogen-bond acceptors (Lipinski definition) is 6. The number of hydrogen-bond donors (Lipinski definition) is 3. The summed E-state index contributed by atoms with van der Waals surface area (Å²) >= 11 is 6.42. The molecule has 0 saturated heterocycles. The third-order valence-electron chi connectivity index (χ3n) is 2.24. The Kier molecular flexibility index (Phi) is 5.74. The summed E-state index contributed by atoms with van der Waals surface area (Å²) in [5, 5.41) is 28.3. The molecule has 8 heteroatoms. The van der Waals surface area contributed by atoms with Gasteiger partial charge in [0, 0.05) is 18.2 Å². The number of carboxylic acids is 1. The molecule has 3 N–H and O–H groups in total. The van der Waals surface area contributed by atoms with Crippen molar-refractivity contribution in [3.63, 3.8) is 0 Å². The number of pyridine rings is 1. The van der Waals surface area contributed by atoms with Crippen LogP contribution in [0.1, 0.15) is 29.1 Å². The minimum absolute atomic E-state index is 0.0269. The predicted molar refractivity (Wildman–Crippen MR) is 70.3 cm³/mol. The van der Waals surface area contributed by atoms with Crippen molar-refractivity contribution in [2.24, 2.45) is 0 Å². The molecule has 0 aliphatic rings. The van der Waals surface area contributed by atoms with Crippen molar-refractivity contribution in [2.75, 3.05) is 5.75 Å². The van der Waals surface area contributed by atoms with Crippen LogP contribution in [0.15, 0.2) is 12.1 Å². The molecule has 0 spiro atoms. The third-order valence-corrected chi connectivity index (χ3v) is 3.36. The molecule has 2 unspecified atom stereocenters. The van der Waals surface area contributed by atoms with Crippen LogP contribution in [0.25, 0.3) is 0 Å². The monoisotopic (exact) mass is 305 g/mol. The van der Waals surface area contributed by atoms with Crippen molar-refractivity contribution in [1.82, 2.24) is 4.98 Å². The molecule has 0 bridgehead atoms. The molecule has 104 valence electrons. The first kappa shape index (κ1) is 15.9. The van der Waals surface area contributed by atoms with E-state index >= 15 is 0 Å². The maximum absolute atomic E-state index is 11.0. The standard InChI is InChI=1S/C11H12ClNO5S/c1-5(14)19-4-7(15)10(16)6-2-3-8(12)13-9(6)11(17)18/h2-3,7,10,15-16H,4H2,1H3,(H,17,18).